The Balaban J connectivity index is 1.74. The van der Waals surface area contributed by atoms with E-state index in [1.807, 2.05) is 0 Å². The predicted octanol–water partition coefficient (Wildman–Crippen LogP) is 3.35. The van der Waals surface area contributed by atoms with Crippen LogP contribution in [0.4, 0.5) is 0 Å². The molecule has 2 aliphatic rings. The van der Waals surface area contributed by atoms with Gasteiger partial charge in [0.15, 0.2) is 0 Å². The van der Waals surface area contributed by atoms with E-state index in [0.717, 1.165) is 11.3 Å². The van der Waals surface area contributed by atoms with Crippen molar-refractivity contribution >= 4 is 0 Å². The van der Waals surface area contributed by atoms with Crippen LogP contribution in [-0.4, -0.2) is 13.1 Å². The first-order valence-corrected chi connectivity index (χ1v) is 6.55. The van der Waals surface area contributed by atoms with Gasteiger partial charge in [-0.1, -0.05) is 26.2 Å². The van der Waals surface area contributed by atoms with Gasteiger partial charge < -0.3 is 5.32 Å². The summed E-state index contributed by atoms with van der Waals surface area (Å²) in [7, 11) is 0. The second kappa shape index (κ2) is 4.65. The van der Waals surface area contributed by atoms with E-state index in [1.165, 1.54) is 64.5 Å². The van der Waals surface area contributed by atoms with Crippen molar-refractivity contribution in [3.05, 3.63) is 0 Å². The van der Waals surface area contributed by atoms with Crippen molar-refractivity contribution in [2.24, 2.45) is 11.3 Å². The summed E-state index contributed by atoms with van der Waals surface area (Å²) in [6.45, 7) is 4.90. The highest BCUT2D eigenvalue weighted by molar-refractivity contribution is 4.91. The Morgan fingerprint density at radius 1 is 1.21 bits per heavy atom. The molecule has 14 heavy (non-hydrogen) atoms. The van der Waals surface area contributed by atoms with Crippen molar-refractivity contribution in [1.29, 1.82) is 0 Å². The van der Waals surface area contributed by atoms with Gasteiger partial charge >= 0.3 is 0 Å². The fourth-order valence-electron chi connectivity index (χ4n) is 3.29. The minimum Gasteiger partial charge on any atom is -0.316 e. The lowest BCUT2D eigenvalue weighted by molar-refractivity contribution is 0.163. The summed E-state index contributed by atoms with van der Waals surface area (Å²) in [5, 5.41) is 3.54. The highest BCUT2D eigenvalue weighted by Gasteiger charge is 2.37. The van der Waals surface area contributed by atoms with Crippen LogP contribution in [0.1, 0.15) is 58.3 Å². The molecule has 1 N–H and O–H groups in total. The minimum absolute atomic E-state index is 0.739. The molecule has 0 radical (unpaired) electrons. The molecule has 0 amide bonds. The van der Waals surface area contributed by atoms with E-state index in [-0.39, 0.29) is 0 Å². The molecule has 2 rings (SSSR count). The van der Waals surface area contributed by atoms with Gasteiger partial charge in [0.2, 0.25) is 0 Å². The molecule has 82 valence electrons. The minimum atomic E-state index is 0.739. The quantitative estimate of drug-likeness (QED) is 0.728. The molecule has 0 unspecified atom stereocenters. The van der Waals surface area contributed by atoms with Gasteiger partial charge in [0.1, 0.15) is 0 Å². The van der Waals surface area contributed by atoms with E-state index in [1.54, 1.807) is 0 Å². The third-order valence-corrected chi connectivity index (χ3v) is 4.46. The number of rotatable bonds is 3. The fraction of sp³-hybridized carbons (Fsp3) is 1.00. The molecule has 2 fully saturated rings. The Bertz CT molecular complexity index is 160. The summed E-state index contributed by atoms with van der Waals surface area (Å²) in [5.41, 5.74) is 0.739. The molecule has 0 bridgehead atoms. The molecule has 1 aliphatic carbocycles. The number of unbranched alkanes of at least 4 members (excludes halogenated alkanes) is 1. The van der Waals surface area contributed by atoms with Gasteiger partial charge in [-0.25, -0.2) is 0 Å². The van der Waals surface area contributed by atoms with Gasteiger partial charge in [0.05, 0.1) is 0 Å². The second-order valence-electron chi connectivity index (χ2n) is 5.51. The molecule has 1 saturated heterocycles. The number of hydrogen-bond donors (Lipinski definition) is 1. The largest absolute Gasteiger partial charge is 0.316 e. The van der Waals surface area contributed by atoms with Crippen LogP contribution in [0.3, 0.4) is 0 Å². The van der Waals surface area contributed by atoms with Crippen LogP contribution in [0.2, 0.25) is 0 Å². The lowest BCUT2D eigenvalue weighted by Gasteiger charge is -2.36. The van der Waals surface area contributed by atoms with E-state index in [0.29, 0.717) is 0 Å². The van der Waals surface area contributed by atoms with Gasteiger partial charge in [0, 0.05) is 6.54 Å². The van der Waals surface area contributed by atoms with Gasteiger partial charge in [-0.05, 0) is 50.0 Å². The SMILES string of the molecule is CCCCC1CCC2(CCNC2)CC1. The van der Waals surface area contributed by atoms with Crippen LogP contribution in [0.25, 0.3) is 0 Å². The van der Waals surface area contributed by atoms with Gasteiger partial charge in [-0.3, -0.25) is 0 Å². The summed E-state index contributed by atoms with van der Waals surface area (Å²) < 4.78 is 0. The Labute approximate surface area is 88.7 Å². The van der Waals surface area contributed by atoms with Crippen LogP contribution >= 0.6 is 0 Å². The second-order valence-corrected chi connectivity index (χ2v) is 5.51. The molecule has 0 aromatic rings. The standard InChI is InChI=1S/C13H25N/c1-2-3-4-12-5-7-13(8-6-12)9-10-14-11-13/h12,14H,2-11H2,1H3. The first-order chi connectivity index (χ1) is 6.85. The number of nitrogens with one attached hydrogen (secondary N) is 1. The topological polar surface area (TPSA) is 12.0 Å². The molecule has 1 heterocycles. The molecular formula is C13H25N. The van der Waals surface area contributed by atoms with Gasteiger partial charge in [-0.2, -0.15) is 0 Å². The van der Waals surface area contributed by atoms with E-state index >= 15 is 0 Å². The lowest BCUT2D eigenvalue weighted by Crippen LogP contribution is -2.29. The Morgan fingerprint density at radius 2 is 2.00 bits per heavy atom. The highest BCUT2D eigenvalue weighted by Crippen LogP contribution is 2.44. The Morgan fingerprint density at radius 3 is 2.57 bits per heavy atom. The van der Waals surface area contributed by atoms with Crippen LogP contribution in [-0.2, 0) is 0 Å². The average molecular weight is 195 g/mol. The van der Waals surface area contributed by atoms with E-state index in [2.05, 4.69) is 12.2 Å². The zero-order valence-corrected chi connectivity index (χ0v) is 9.65. The predicted molar refractivity (Wildman–Crippen MR) is 61.4 cm³/mol. The Hall–Kier alpha value is -0.0400. The Kier molecular flexibility index (Phi) is 3.48. The first kappa shape index (κ1) is 10.5. The van der Waals surface area contributed by atoms with Crippen LogP contribution in [0.5, 0.6) is 0 Å². The molecule has 1 nitrogen and oxygen atoms in total. The van der Waals surface area contributed by atoms with E-state index in [9.17, 15) is 0 Å². The molecular weight excluding hydrogens is 170 g/mol. The van der Waals surface area contributed by atoms with Crippen molar-refractivity contribution in [3.8, 4) is 0 Å². The first-order valence-electron chi connectivity index (χ1n) is 6.55. The lowest BCUT2D eigenvalue weighted by atomic mass is 9.69. The van der Waals surface area contributed by atoms with Crippen LogP contribution in [0.15, 0.2) is 0 Å². The van der Waals surface area contributed by atoms with Crippen molar-refractivity contribution < 1.29 is 0 Å². The van der Waals surface area contributed by atoms with Crippen molar-refractivity contribution in [3.63, 3.8) is 0 Å². The zero-order valence-electron chi connectivity index (χ0n) is 9.65. The fourth-order valence-corrected chi connectivity index (χ4v) is 3.29. The third kappa shape index (κ3) is 2.31. The van der Waals surface area contributed by atoms with Gasteiger partial charge in [-0.15, -0.1) is 0 Å². The monoisotopic (exact) mass is 195 g/mol. The summed E-state index contributed by atoms with van der Waals surface area (Å²) >= 11 is 0. The van der Waals surface area contributed by atoms with Crippen molar-refractivity contribution in [2.75, 3.05) is 13.1 Å². The van der Waals surface area contributed by atoms with E-state index < -0.39 is 0 Å². The van der Waals surface area contributed by atoms with Crippen LogP contribution in [0, 0.1) is 11.3 Å². The van der Waals surface area contributed by atoms with Crippen molar-refractivity contribution in [1.82, 2.24) is 5.32 Å². The maximum Gasteiger partial charge on any atom is 0.000829 e. The number of hydrogen-bond acceptors (Lipinski definition) is 1. The molecule has 0 atom stereocenters. The smallest absolute Gasteiger partial charge is 0.000829 e. The molecule has 1 aliphatic heterocycles. The summed E-state index contributed by atoms with van der Waals surface area (Å²) in [6, 6.07) is 0. The molecule has 1 spiro atoms. The summed E-state index contributed by atoms with van der Waals surface area (Å²) in [4.78, 5) is 0. The van der Waals surface area contributed by atoms with Gasteiger partial charge in [0.25, 0.3) is 0 Å². The normalized spacial score (nSPS) is 37.9. The highest BCUT2D eigenvalue weighted by atomic mass is 14.9. The maximum atomic E-state index is 3.54. The summed E-state index contributed by atoms with van der Waals surface area (Å²) in [6.07, 6.45) is 11.8. The third-order valence-electron chi connectivity index (χ3n) is 4.46. The zero-order chi connectivity index (χ0) is 9.86. The molecule has 0 aromatic heterocycles. The van der Waals surface area contributed by atoms with E-state index in [4.69, 9.17) is 0 Å². The average Bonchev–Trinajstić information content (AvgIpc) is 2.66. The van der Waals surface area contributed by atoms with Crippen molar-refractivity contribution in [2.45, 2.75) is 58.3 Å². The summed E-state index contributed by atoms with van der Waals surface area (Å²) in [5.74, 6) is 1.07. The maximum absolute atomic E-state index is 3.54. The molecule has 1 saturated carbocycles. The molecule has 1 heteroatoms. The molecule has 0 aromatic carbocycles. The van der Waals surface area contributed by atoms with Crippen LogP contribution < -0.4 is 5.32 Å².